The van der Waals surface area contributed by atoms with Crippen molar-refractivity contribution in [2.45, 2.75) is 57.7 Å². The number of carbonyl (C=O) groups excluding carboxylic acids is 2. The zero-order valence-corrected chi connectivity index (χ0v) is 10.7. The highest BCUT2D eigenvalue weighted by atomic mass is 16.6. The second-order valence-electron chi connectivity index (χ2n) is 5.79. The van der Waals surface area contributed by atoms with Gasteiger partial charge in [0.25, 0.3) is 0 Å². The second-order valence-corrected chi connectivity index (χ2v) is 5.79. The molecular weight excluding hydrogens is 220 g/mol. The summed E-state index contributed by atoms with van der Waals surface area (Å²) in [7, 11) is 0. The average molecular weight is 240 g/mol. The van der Waals surface area contributed by atoms with Crippen molar-refractivity contribution < 1.29 is 14.3 Å². The lowest BCUT2D eigenvalue weighted by atomic mass is 10.2. The van der Waals surface area contributed by atoms with Gasteiger partial charge in [-0.15, -0.1) is 0 Å². The first kappa shape index (κ1) is 12.4. The summed E-state index contributed by atoms with van der Waals surface area (Å²) < 4.78 is 5.29. The van der Waals surface area contributed by atoms with Gasteiger partial charge in [0.2, 0.25) is 5.91 Å². The minimum Gasteiger partial charge on any atom is -0.443 e. The maximum atomic E-state index is 12.0. The number of imide groups is 1. The molecule has 2 fully saturated rings. The van der Waals surface area contributed by atoms with E-state index in [1.807, 2.05) is 20.8 Å². The third-order valence-corrected chi connectivity index (χ3v) is 3.17. The molecule has 0 spiro atoms. The van der Waals surface area contributed by atoms with Crippen molar-refractivity contribution in [3.8, 4) is 0 Å². The van der Waals surface area contributed by atoms with Crippen molar-refractivity contribution >= 4 is 12.0 Å². The molecule has 0 aromatic rings. The topological polar surface area (TPSA) is 58.6 Å². The van der Waals surface area contributed by atoms with E-state index in [0.717, 1.165) is 19.3 Å². The average Bonchev–Trinajstić information content (AvgIpc) is 2.52. The molecule has 1 N–H and O–H groups in total. The minimum atomic E-state index is -0.560. The van der Waals surface area contributed by atoms with Crippen LogP contribution in [-0.4, -0.2) is 41.1 Å². The molecule has 1 heterocycles. The van der Waals surface area contributed by atoms with Crippen LogP contribution in [0.3, 0.4) is 0 Å². The molecule has 5 nitrogen and oxygen atoms in total. The van der Waals surface area contributed by atoms with Crippen LogP contribution in [0.5, 0.6) is 0 Å². The Hall–Kier alpha value is -1.10. The van der Waals surface area contributed by atoms with E-state index >= 15 is 0 Å². The standard InChI is InChI=1S/C12H20N2O3/c1-12(2,3)17-11(16)14-9-5-4-8(6-9)13-7-10(14)15/h8-9,13H,4-7H2,1-3H3. The molecule has 2 bridgehead atoms. The summed E-state index contributed by atoms with van der Waals surface area (Å²) in [5.74, 6) is -0.175. The highest BCUT2D eigenvalue weighted by molar-refractivity contribution is 5.94. The molecule has 0 aromatic heterocycles. The number of nitrogens with zero attached hydrogens (tertiary/aromatic N) is 1. The molecule has 0 aromatic carbocycles. The second kappa shape index (κ2) is 4.29. The minimum absolute atomic E-state index is 0.0114. The maximum absolute atomic E-state index is 12.0. The van der Waals surface area contributed by atoms with Gasteiger partial charge in [0, 0.05) is 12.1 Å². The van der Waals surface area contributed by atoms with Gasteiger partial charge in [-0.1, -0.05) is 0 Å². The number of hydrogen-bond donors (Lipinski definition) is 1. The lowest BCUT2D eigenvalue weighted by molar-refractivity contribution is -0.130. The first-order valence-corrected chi connectivity index (χ1v) is 6.15. The van der Waals surface area contributed by atoms with Crippen molar-refractivity contribution in [1.29, 1.82) is 0 Å². The predicted molar refractivity (Wildman–Crippen MR) is 62.5 cm³/mol. The van der Waals surface area contributed by atoms with Gasteiger partial charge in [-0.25, -0.2) is 9.69 Å². The molecule has 2 rings (SSSR count). The van der Waals surface area contributed by atoms with E-state index in [2.05, 4.69) is 5.32 Å². The smallest absolute Gasteiger partial charge is 0.417 e. The highest BCUT2D eigenvalue weighted by Crippen LogP contribution is 2.27. The van der Waals surface area contributed by atoms with Crippen molar-refractivity contribution in [3.63, 3.8) is 0 Å². The first-order chi connectivity index (χ1) is 7.87. The summed E-state index contributed by atoms with van der Waals surface area (Å²) >= 11 is 0. The van der Waals surface area contributed by atoms with Gasteiger partial charge in [-0.05, 0) is 40.0 Å². The van der Waals surface area contributed by atoms with Gasteiger partial charge in [0.05, 0.1) is 6.54 Å². The Morgan fingerprint density at radius 3 is 2.76 bits per heavy atom. The van der Waals surface area contributed by atoms with Crippen LogP contribution in [0.2, 0.25) is 0 Å². The summed E-state index contributed by atoms with van der Waals surface area (Å²) in [5.41, 5.74) is -0.560. The summed E-state index contributed by atoms with van der Waals surface area (Å²) in [6, 6.07) is 0.383. The molecule has 2 unspecified atom stereocenters. The van der Waals surface area contributed by atoms with E-state index in [0.29, 0.717) is 6.04 Å². The van der Waals surface area contributed by atoms with Gasteiger partial charge in [-0.3, -0.25) is 4.79 Å². The summed E-state index contributed by atoms with van der Waals surface area (Å²) in [5, 5.41) is 3.17. The lowest BCUT2D eigenvalue weighted by Gasteiger charge is -2.29. The monoisotopic (exact) mass is 240 g/mol. The number of amides is 2. The Morgan fingerprint density at radius 2 is 2.12 bits per heavy atom. The predicted octanol–water partition coefficient (Wildman–Crippen LogP) is 1.27. The third-order valence-electron chi connectivity index (χ3n) is 3.17. The van der Waals surface area contributed by atoms with Crippen LogP contribution in [0.25, 0.3) is 0 Å². The van der Waals surface area contributed by atoms with Crippen LogP contribution in [-0.2, 0) is 9.53 Å². The SMILES string of the molecule is CC(C)(C)OC(=O)N1C(=O)CNC2CCC1C2. The number of hydrogen-bond acceptors (Lipinski definition) is 4. The maximum Gasteiger partial charge on any atom is 0.417 e. The Kier molecular flexibility index (Phi) is 3.12. The molecule has 1 saturated carbocycles. The highest BCUT2D eigenvalue weighted by Gasteiger charge is 2.40. The molecule has 1 saturated heterocycles. The Balaban J connectivity index is 2.11. The van der Waals surface area contributed by atoms with Crippen LogP contribution >= 0.6 is 0 Å². The lowest BCUT2D eigenvalue weighted by Crippen LogP contribution is -2.47. The molecule has 5 heteroatoms. The Morgan fingerprint density at radius 1 is 1.41 bits per heavy atom. The number of rotatable bonds is 0. The van der Waals surface area contributed by atoms with E-state index in [9.17, 15) is 9.59 Å². The fourth-order valence-electron chi connectivity index (χ4n) is 2.46. The van der Waals surface area contributed by atoms with E-state index in [1.54, 1.807) is 0 Å². The van der Waals surface area contributed by atoms with Crippen LogP contribution in [0.1, 0.15) is 40.0 Å². The van der Waals surface area contributed by atoms with E-state index in [4.69, 9.17) is 4.74 Å². The van der Waals surface area contributed by atoms with Crippen molar-refractivity contribution in [2.24, 2.45) is 0 Å². The van der Waals surface area contributed by atoms with Gasteiger partial charge >= 0.3 is 6.09 Å². The van der Waals surface area contributed by atoms with Crippen molar-refractivity contribution in [2.75, 3.05) is 6.54 Å². The van der Waals surface area contributed by atoms with E-state index in [-0.39, 0.29) is 18.5 Å². The number of nitrogens with one attached hydrogen (secondary N) is 1. The van der Waals surface area contributed by atoms with Crippen LogP contribution in [0, 0.1) is 0 Å². The van der Waals surface area contributed by atoms with Gasteiger partial charge < -0.3 is 10.1 Å². The molecule has 96 valence electrons. The Bertz CT molecular complexity index is 335. The number of ether oxygens (including phenoxy) is 1. The third kappa shape index (κ3) is 2.77. The molecule has 2 atom stereocenters. The van der Waals surface area contributed by atoms with E-state index in [1.165, 1.54) is 4.90 Å². The van der Waals surface area contributed by atoms with Gasteiger partial charge in [-0.2, -0.15) is 0 Å². The van der Waals surface area contributed by atoms with Crippen LogP contribution < -0.4 is 5.32 Å². The molecule has 17 heavy (non-hydrogen) atoms. The number of carbonyl (C=O) groups is 2. The summed E-state index contributed by atoms with van der Waals surface area (Å²) in [6.45, 7) is 5.66. The summed E-state index contributed by atoms with van der Waals surface area (Å²) in [6.07, 6.45) is 2.25. The van der Waals surface area contributed by atoms with Gasteiger partial charge in [0.1, 0.15) is 5.60 Å². The zero-order valence-electron chi connectivity index (χ0n) is 10.7. The van der Waals surface area contributed by atoms with E-state index < -0.39 is 11.7 Å². The fraction of sp³-hybridized carbons (Fsp3) is 0.833. The molecule has 2 amide bonds. The molecule has 1 aliphatic heterocycles. The molecule has 0 radical (unpaired) electrons. The fourth-order valence-corrected chi connectivity index (χ4v) is 2.46. The normalized spacial score (nSPS) is 29.1. The van der Waals surface area contributed by atoms with Crippen molar-refractivity contribution in [3.05, 3.63) is 0 Å². The largest absolute Gasteiger partial charge is 0.443 e. The van der Waals surface area contributed by atoms with Gasteiger partial charge in [0.15, 0.2) is 0 Å². The molecule has 2 aliphatic rings. The van der Waals surface area contributed by atoms with Crippen LogP contribution in [0.15, 0.2) is 0 Å². The first-order valence-electron chi connectivity index (χ1n) is 6.15. The molecule has 1 aliphatic carbocycles. The summed E-state index contributed by atoms with van der Waals surface area (Å²) in [4.78, 5) is 25.2. The quantitative estimate of drug-likeness (QED) is 0.693. The Labute approximate surface area is 101 Å². The van der Waals surface area contributed by atoms with Crippen LogP contribution in [0.4, 0.5) is 4.79 Å². The van der Waals surface area contributed by atoms with Crippen molar-refractivity contribution in [1.82, 2.24) is 10.2 Å². The number of fused-ring (bicyclic) bond motifs is 2. The zero-order chi connectivity index (χ0) is 12.6. The molecular formula is C12H20N2O3.